The molecule has 1 unspecified atom stereocenters. The Morgan fingerprint density at radius 2 is 2.19 bits per heavy atom. The van der Waals surface area contributed by atoms with E-state index in [1.807, 2.05) is 30.3 Å². The molecule has 1 atom stereocenters. The van der Waals surface area contributed by atoms with Crippen LogP contribution in [0.5, 0.6) is 0 Å². The van der Waals surface area contributed by atoms with E-state index in [0.717, 1.165) is 30.9 Å². The monoisotopic (exact) mass is 300 g/mol. The summed E-state index contributed by atoms with van der Waals surface area (Å²) in [5.41, 5.74) is 1.80. The molecule has 1 aliphatic rings. The zero-order valence-electron chi connectivity index (χ0n) is 11.9. The summed E-state index contributed by atoms with van der Waals surface area (Å²) in [6, 6.07) is 9.29. The van der Waals surface area contributed by atoms with Gasteiger partial charge < -0.3 is 10.2 Å². The van der Waals surface area contributed by atoms with Crippen LogP contribution in [0.2, 0.25) is 5.02 Å². The minimum Gasteiger partial charge on any atom is -0.368 e. The Morgan fingerprint density at radius 1 is 1.43 bits per heavy atom. The van der Waals surface area contributed by atoms with Gasteiger partial charge in [0.25, 0.3) is 0 Å². The SMILES string of the molecule is CC1CCCN(c2c(Cl)cccc2NC=C(C#N)C#N)C1. The number of nitriles is 2. The number of piperidine rings is 1. The molecule has 1 saturated heterocycles. The molecule has 1 aliphatic heterocycles. The lowest BCUT2D eigenvalue weighted by Crippen LogP contribution is -2.34. The molecule has 1 aromatic carbocycles. The molecule has 0 spiro atoms. The van der Waals surface area contributed by atoms with E-state index >= 15 is 0 Å². The summed E-state index contributed by atoms with van der Waals surface area (Å²) >= 11 is 6.36. The van der Waals surface area contributed by atoms with Crippen LogP contribution in [0, 0.1) is 28.6 Å². The number of hydrogen-bond acceptors (Lipinski definition) is 4. The van der Waals surface area contributed by atoms with Crippen molar-refractivity contribution in [3.05, 3.63) is 35.0 Å². The molecular formula is C16H17ClN4. The first-order valence-electron chi connectivity index (χ1n) is 6.96. The highest BCUT2D eigenvalue weighted by molar-refractivity contribution is 6.34. The van der Waals surface area contributed by atoms with Crippen LogP contribution in [0.3, 0.4) is 0 Å². The van der Waals surface area contributed by atoms with Crippen LogP contribution in [0.15, 0.2) is 30.0 Å². The first-order chi connectivity index (χ1) is 10.2. The average Bonchev–Trinajstić information content (AvgIpc) is 2.48. The number of rotatable bonds is 3. The fraction of sp³-hybridized carbons (Fsp3) is 0.375. The Morgan fingerprint density at radius 3 is 2.86 bits per heavy atom. The van der Waals surface area contributed by atoms with Gasteiger partial charge in [0.1, 0.15) is 17.7 Å². The number of halogens is 1. The van der Waals surface area contributed by atoms with E-state index in [0.29, 0.717) is 10.9 Å². The van der Waals surface area contributed by atoms with E-state index in [-0.39, 0.29) is 5.57 Å². The lowest BCUT2D eigenvalue weighted by Gasteiger charge is -2.34. The molecule has 5 heteroatoms. The normalized spacial score (nSPS) is 17.5. The molecule has 0 saturated carbocycles. The molecule has 1 fully saturated rings. The summed E-state index contributed by atoms with van der Waals surface area (Å²) in [6.07, 6.45) is 3.79. The highest BCUT2D eigenvalue weighted by atomic mass is 35.5. The molecule has 0 aliphatic carbocycles. The quantitative estimate of drug-likeness (QED) is 0.859. The molecule has 0 bridgehead atoms. The summed E-state index contributed by atoms with van der Waals surface area (Å²) in [7, 11) is 0. The standard InChI is InChI=1S/C16H17ClN4/c1-12-4-3-7-21(11-12)16-14(17)5-2-6-15(16)20-10-13(8-18)9-19/h2,5-6,10,12,20H,3-4,7,11H2,1H3. The Kier molecular flexibility index (Phi) is 5.09. The van der Waals surface area contributed by atoms with Crippen LogP contribution < -0.4 is 10.2 Å². The predicted octanol–water partition coefficient (Wildman–Crippen LogP) is 3.92. The van der Waals surface area contributed by atoms with Gasteiger partial charge in [-0.15, -0.1) is 0 Å². The van der Waals surface area contributed by atoms with Crippen LogP contribution in [0.4, 0.5) is 11.4 Å². The molecule has 0 amide bonds. The summed E-state index contributed by atoms with van der Waals surface area (Å²) < 4.78 is 0. The minimum absolute atomic E-state index is 0.0351. The summed E-state index contributed by atoms with van der Waals surface area (Å²) in [5, 5.41) is 21.3. The lowest BCUT2D eigenvalue weighted by atomic mass is 9.99. The topological polar surface area (TPSA) is 62.9 Å². The van der Waals surface area contributed by atoms with Crippen molar-refractivity contribution in [2.75, 3.05) is 23.3 Å². The molecule has 4 nitrogen and oxygen atoms in total. The van der Waals surface area contributed by atoms with Gasteiger partial charge in [-0.05, 0) is 30.9 Å². The Bertz CT molecular complexity index is 608. The van der Waals surface area contributed by atoms with Gasteiger partial charge in [-0.1, -0.05) is 24.6 Å². The van der Waals surface area contributed by atoms with Gasteiger partial charge >= 0.3 is 0 Å². The highest BCUT2D eigenvalue weighted by Crippen LogP contribution is 2.36. The second kappa shape index (κ2) is 7.02. The van der Waals surface area contributed by atoms with Crippen molar-refractivity contribution in [1.82, 2.24) is 0 Å². The van der Waals surface area contributed by atoms with Crippen LogP contribution in [-0.2, 0) is 0 Å². The number of anilines is 2. The van der Waals surface area contributed by atoms with E-state index in [4.69, 9.17) is 22.1 Å². The third kappa shape index (κ3) is 3.68. The molecule has 1 heterocycles. The number of nitrogens with zero attached hydrogens (tertiary/aromatic N) is 3. The van der Waals surface area contributed by atoms with Crippen molar-refractivity contribution >= 4 is 23.0 Å². The van der Waals surface area contributed by atoms with E-state index in [1.54, 1.807) is 0 Å². The van der Waals surface area contributed by atoms with E-state index < -0.39 is 0 Å². The van der Waals surface area contributed by atoms with E-state index in [9.17, 15) is 0 Å². The second-order valence-corrected chi connectivity index (χ2v) is 5.66. The van der Waals surface area contributed by atoms with Crippen molar-refractivity contribution < 1.29 is 0 Å². The van der Waals surface area contributed by atoms with Crippen molar-refractivity contribution in [2.45, 2.75) is 19.8 Å². The number of nitrogens with one attached hydrogen (secondary N) is 1. The predicted molar refractivity (Wildman–Crippen MR) is 85.0 cm³/mol. The van der Waals surface area contributed by atoms with Gasteiger partial charge in [0.05, 0.1) is 16.4 Å². The molecule has 21 heavy (non-hydrogen) atoms. The molecule has 1 aromatic rings. The Hall–Kier alpha value is -2.17. The first kappa shape index (κ1) is 15.2. The molecule has 0 aromatic heterocycles. The van der Waals surface area contributed by atoms with Crippen LogP contribution >= 0.6 is 11.6 Å². The molecule has 2 rings (SSSR count). The van der Waals surface area contributed by atoms with E-state index in [2.05, 4.69) is 17.1 Å². The van der Waals surface area contributed by atoms with Crippen molar-refractivity contribution in [3.63, 3.8) is 0 Å². The fourth-order valence-electron chi connectivity index (χ4n) is 2.59. The van der Waals surface area contributed by atoms with Crippen molar-refractivity contribution in [1.29, 1.82) is 10.5 Å². The summed E-state index contributed by atoms with van der Waals surface area (Å²) in [5.74, 6) is 0.632. The number of hydrogen-bond donors (Lipinski definition) is 1. The van der Waals surface area contributed by atoms with Gasteiger partial charge in [-0.3, -0.25) is 0 Å². The maximum atomic E-state index is 8.79. The zero-order chi connectivity index (χ0) is 15.2. The summed E-state index contributed by atoms with van der Waals surface area (Å²) in [4.78, 5) is 2.27. The first-order valence-corrected chi connectivity index (χ1v) is 7.34. The largest absolute Gasteiger partial charge is 0.368 e. The minimum atomic E-state index is 0.0351. The van der Waals surface area contributed by atoms with Gasteiger partial charge in [0, 0.05) is 19.3 Å². The lowest BCUT2D eigenvalue weighted by molar-refractivity contribution is 0.447. The highest BCUT2D eigenvalue weighted by Gasteiger charge is 2.20. The van der Waals surface area contributed by atoms with Crippen molar-refractivity contribution in [3.8, 4) is 12.1 Å². The fourth-order valence-corrected chi connectivity index (χ4v) is 2.88. The maximum Gasteiger partial charge on any atom is 0.145 e. The molecule has 1 N–H and O–H groups in total. The summed E-state index contributed by atoms with van der Waals surface area (Å²) in [6.45, 7) is 4.17. The van der Waals surface area contributed by atoms with Gasteiger partial charge in [-0.2, -0.15) is 10.5 Å². The second-order valence-electron chi connectivity index (χ2n) is 5.26. The van der Waals surface area contributed by atoms with Gasteiger partial charge in [0.2, 0.25) is 0 Å². The maximum absolute atomic E-state index is 8.79. The van der Waals surface area contributed by atoms with E-state index in [1.165, 1.54) is 12.6 Å². The Balaban J connectivity index is 2.31. The molecular weight excluding hydrogens is 284 g/mol. The third-order valence-electron chi connectivity index (χ3n) is 3.57. The van der Waals surface area contributed by atoms with Crippen LogP contribution in [0.25, 0.3) is 0 Å². The average molecular weight is 301 g/mol. The molecule has 0 radical (unpaired) electrons. The van der Waals surface area contributed by atoms with Crippen LogP contribution in [-0.4, -0.2) is 13.1 Å². The van der Waals surface area contributed by atoms with Crippen LogP contribution in [0.1, 0.15) is 19.8 Å². The smallest absolute Gasteiger partial charge is 0.145 e. The Labute approximate surface area is 130 Å². The van der Waals surface area contributed by atoms with Crippen molar-refractivity contribution in [2.24, 2.45) is 5.92 Å². The third-order valence-corrected chi connectivity index (χ3v) is 3.88. The number of para-hydroxylation sites is 1. The molecule has 108 valence electrons. The van der Waals surface area contributed by atoms with Gasteiger partial charge in [-0.25, -0.2) is 0 Å². The zero-order valence-corrected chi connectivity index (χ0v) is 12.7. The van der Waals surface area contributed by atoms with Gasteiger partial charge in [0.15, 0.2) is 0 Å². The number of benzene rings is 1. The number of allylic oxidation sites excluding steroid dienone is 1.